The van der Waals surface area contributed by atoms with Gasteiger partial charge in [-0.2, -0.15) is 5.10 Å². The summed E-state index contributed by atoms with van der Waals surface area (Å²) < 4.78 is 0. The lowest BCUT2D eigenvalue weighted by molar-refractivity contribution is -0.509. The number of hydrogen-bond acceptors (Lipinski definition) is 9. The predicted molar refractivity (Wildman–Crippen MR) is 113 cm³/mol. The van der Waals surface area contributed by atoms with Gasteiger partial charge in [0.15, 0.2) is 0 Å². The number of nitrogens with one attached hydrogen (secondary N) is 1. The first-order chi connectivity index (χ1) is 14.7. The fourth-order valence-electron chi connectivity index (χ4n) is 2.63. The van der Waals surface area contributed by atoms with Crippen LogP contribution >= 0.6 is 23.2 Å². The normalized spacial score (nSPS) is 12.4. The number of nitro benzene ring substituents is 1. The summed E-state index contributed by atoms with van der Waals surface area (Å²) in [4.78, 5) is 42.0. The van der Waals surface area contributed by atoms with Crippen molar-refractivity contribution >= 4 is 57.2 Å². The summed E-state index contributed by atoms with van der Waals surface area (Å²) in [5, 5.41) is 28.8. The molecule has 0 spiro atoms. The fraction of sp³-hybridized carbons (Fsp3) is 0.0588. The molecule has 31 heavy (non-hydrogen) atoms. The highest BCUT2D eigenvalue weighted by molar-refractivity contribution is 6.45. The summed E-state index contributed by atoms with van der Waals surface area (Å²) in [6.45, 7) is 0. The highest BCUT2D eigenvalue weighted by Gasteiger charge is 2.37. The van der Waals surface area contributed by atoms with E-state index in [1.54, 1.807) is 0 Å². The molecule has 1 heterocycles. The number of rotatable bonds is 6. The van der Waals surface area contributed by atoms with E-state index in [9.17, 15) is 25.0 Å². The Morgan fingerprint density at radius 1 is 1.10 bits per heavy atom. The SMILES string of the molecule is NN=C(C(=O)Nc1ccc(Cl)c(Cl)c1)C(c1cnc2ccc([N+](=O)[O-])cc2n1)[N+](=O)[O-]. The van der Waals surface area contributed by atoms with Crippen molar-refractivity contribution in [3.05, 3.63) is 78.6 Å². The monoisotopic (exact) mass is 463 g/mol. The van der Waals surface area contributed by atoms with Crippen LogP contribution in [0.1, 0.15) is 11.7 Å². The second-order valence-corrected chi connectivity index (χ2v) is 6.82. The molecule has 0 fully saturated rings. The van der Waals surface area contributed by atoms with Crippen LogP contribution < -0.4 is 11.2 Å². The van der Waals surface area contributed by atoms with Crippen LogP contribution in [0.15, 0.2) is 47.7 Å². The number of hydrazone groups is 1. The number of nitrogens with two attached hydrogens (primary N) is 1. The lowest BCUT2D eigenvalue weighted by atomic mass is 10.1. The number of fused-ring (bicyclic) bond motifs is 1. The smallest absolute Gasteiger partial charge is 0.304 e. The first-order valence-corrected chi connectivity index (χ1v) is 9.05. The van der Waals surface area contributed by atoms with Crippen LogP contribution in [-0.2, 0) is 4.79 Å². The summed E-state index contributed by atoms with van der Waals surface area (Å²) >= 11 is 11.7. The molecule has 3 rings (SSSR count). The van der Waals surface area contributed by atoms with E-state index >= 15 is 0 Å². The van der Waals surface area contributed by atoms with Crippen molar-refractivity contribution in [2.75, 3.05) is 5.32 Å². The predicted octanol–water partition coefficient (Wildman–Crippen LogP) is 3.12. The van der Waals surface area contributed by atoms with Gasteiger partial charge in [0, 0.05) is 22.7 Å². The fourth-order valence-corrected chi connectivity index (χ4v) is 2.93. The molecule has 2 aromatic carbocycles. The molecule has 0 aliphatic rings. The third-order valence-corrected chi connectivity index (χ3v) is 4.79. The van der Waals surface area contributed by atoms with Crippen molar-refractivity contribution in [1.82, 2.24) is 9.97 Å². The number of non-ortho nitro benzene ring substituents is 1. The Morgan fingerprint density at radius 2 is 1.84 bits per heavy atom. The molecular formula is C17H11Cl2N7O5. The first kappa shape index (κ1) is 21.8. The minimum absolute atomic E-state index is 0.0276. The van der Waals surface area contributed by atoms with E-state index in [4.69, 9.17) is 29.0 Å². The van der Waals surface area contributed by atoms with E-state index in [2.05, 4.69) is 20.4 Å². The van der Waals surface area contributed by atoms with Gasteiger partial charge in [-0.15, -0.1) is 0 Å². The quantitative estimate of drug-likeness (QED) is 0.242. The van der Waals surface area contributed by atoms with E-state index in [-0.39, 0.29) is 38.1 Å². The van der Waals surface area contributed by atoms with Crippen molar-refractivity contribution in [3.63, 3.8) is 0 Å². The number of anilines is 1. The van der Waals surface area contributed by atoms with E-state index in [0.29, 0.717) is 0 Å². The third-order valence-electron chi connectivity index (χ3n) is 4.05. The Hall–Kier alpha value is -3.90. The number of amides is 1. The molecule has 14 heteroatoms. The average Bonchev–Trinajstić information content (AvgIpc) is 2.73. The summed E-state index contributed by atoms with van der Waals surface area (Å²) in [6, 6.07) is 5.98. The van der Waals surface area contributed by atoms with Crippen LogP contribution in [0.5, 0.6) is 0 Å². The van der Waals surface area contributed by atoms with Gasteiger partial charge < -0.3 is 11.2 Å². The zero-order valence-corrected chi connectivity index (χ0v) is 16.7. The summed E-state index contributed by atoms with van der Waals surface area (Å²) in [6.07, 6.45) is 1.07. The Labute approximate surface area is 183 Å². The highest BCUT2D eigenvalue weighted by atomic mass is 35.5. The molecule has 1 unspecified atom stereocenters. The van der Waals surface area contributed by atoms with Gasteiger partial charge in [-0.05, 0) is 24.3 Å². The topological polar surface area (TPSA) is 180 Å². The van der Waals surface area contributed by atoms with E-state index in [1.165, 1.54) is 30.3 Å². The van der Waals surface area contributed by atoms with Crippen LogP contribution in [-0.4, -0.2) is 31.4 Å². The number of halogens is 2. The van der Waals surface area contributed by atoms with Gasteiger partial charge in [-0.25, -0.2) is 4.98 Å². The molecule has 12 nitrogen and oxygen atoms in total. The van der Waals surface area contributed by atoms with Gasteiger partial charge in [-0.3, -0.25) is 30.0 Å². The van der Waals surface area contributed by atoms with E-state index in [1.807, 2.05) is 0 Å². The van der Waals surface area contributed by atoms with Crippen LogP contribution in [0.3, 0.4) is 0 Å². The summed E-state index contributed by atoms with van der Waals surface area (Å²) in [5.41, 5.74) is -0.742. The number of benzene rings is 2. The molecule has 0 aliphatic heterocycles. The van der Waals surface area contributed by atoms with E-state index in [0.717, 1.165) is 12.3 Å². The summed E-state index contributed by atoms with van der Waals surface area (Å²) in [5.74, 6) is 4.29. The van der Waals surface area contributed by atoms with Crippen molar-refractivity contribution in [1.29, 1.82) is 0 Å². The molecule has 1 amide bonds. The Bertz CT molecular complexity index is 1250. The number of aromatic nitrogens is 2. The Balaban J connectivity index is 1.99. The van der Waals surface area contributed by atoms with Gasteiger partial charge in [0.1, 0.15) is 5.69 Å². The molecule has 3 aromatic rings. The summed E-state index contributed by atoms with van der Waals surface area (Å²) in [7, 11) is 0. The maximum Gasteiger partial charge on any atom is 0.304 e. The van der Waals surface area contributed by atoms with Gasteiger partial charge in [0.2, 0.25) is 5.71 Å². The molecule has 0 bridgehead atoms. The van der Waals surface area contributed by atoms with Gasteiger partial charge >= 0.3 is 6.04 Å². The molecule has 0 saturated carbocycles. The van der Waals surface area contributed by atoms with Crippen molar-refractivity contribution < 1.29 is 14.6 Å². The van der Waals surface area contributed by atoms with E-state index < -0.39 is 27.5 Å². The number of carbonyl (C=O) groups excluding carboxylic acids is 1. The zero-order chi connectivity index (χ0) is 22.7. The van der Waals surface area contributed by atoms with Gasteiger partial charge in [0.05, 0.1) is 32.2 Å². The molecule has 0 radical (unpaired) electrons. The van der Waals surface area contributed by atoms with Crippen LogP contribution in [0.2, 0.25) is 10.0 Å². The highest BCUT2D eigenvalue weighted by Crippen LogP contribution is 2.26. The Kier molecular flexibility index (Phi) is 6.22. The largest absolute Gasteiger partial charge is 0.323 e. The van der Waals surface area contributed by atoms with Crippen molar-refractivity contribution in [3.8, 4) is 0 Å². The minimum Gasteiger partial charge on any atom is -0.323 e. The molecule has 0 aliphatic carbocycles. The molecule has 1 atom stereocenters. The molecule has 158 valence electrons. The molecular weight excluding hydrogens is 453 g/mol. The number of nitro groups is 2. The molecule has 1 aromatic heterocycles. The maximum atomic E-state index is 12.6. The van der Waals surface area contributed by atoms with Crippen molar-refractivity contribution in [2.45, 2.75) is 6.04 Å². The average molecular weight is 464 g/mol. The maximum absolute atomic E-state index is 12.6. The number of carbonyl (C=O) groups is 1. The zero-order valence-electron chi connectivity index (χ0n) is 15.2. The second-order valence-electron chi connectivity index (χ2n) is 6.01. The first-order valence-electron chi connectivity index (χ1n) is 8.30. The third kappa shape index (κ3) is 4.65. The lowest BCUT2D eigenvalue weighted by Crippen LogP contribution is -2.34. The lowest BCUT2D eigenvalue weighted by Gasteiger charge is -2.12. The number of hydrogen-bond donors (Lipinski definition) is 2. The Morgan fingerprint density at radius 3 is 2.45 bits per heavy atom. The van der Waals surface area contributed by atoms with Crippen LogP contribution in [0.4, 0.5) is 11.4 Å². The standard InChI is InChI=1S/C17H11Cl2N7O5/c18-10-3-1-8(5-11(10)19)22-17(27)15(24-20)16(26(30)31)14-7-21-12-4-2-9(25(28)29)6-13(12)23-14/h1-7,16H,20H2,(H,22,27). The molecule has 3 N–H and O–H groups in total. The number of nitrogens with zero attached hydrogens (tertiary/aromatic N) is 5. The molecule has 0 saturated heterocycles. The van der Waals surface area contributed by atoms with Crippen molar-refractivity contribution in [2.24, 2.45) is 10.9 Å². The van der Waals surface area contributed by atoms with Crippen LogP contribution in [0.25, 0.3) is 11.0 Å². The second kappa shape index (κ2) is 8.85. The van der Waals surface area contributed by atoms with Gasteiger partial charge in [0.25, 0.3) is 11.6 Å². The minimum atomic E-state index is -1.89. The van der Waals surface area contributed by atoms with Gasteiger partial charge in [-0.1, -0.05) is 23.2 Å². The van der Waals surface area contributed by atoms with Crippen LogP contribution in [0, 0.1) is 20.2 Å².